The van der Waals surface area contributed by atoms with Gasteiger partial charge in [0.1, 0.15) is 5.78 Å². The Hall–Kier alpha value is -0.590. The maximum Gasteiger partial charge on any atom is 0.136 e. The van der Waals surface area contributed by atoms with E-state index in [-0.39, 0.29) is 0 Å². The lowest BCUT2D eigenvalue weighted by molar-refractivity contribution is -0.126. The Bertz CT molecular complexity index is 591. The predicted molar refractivity (Wildman–Crippen MR) is 109 cm³/mol. The van der Waals surface area contributed by atoms with E-state index < -0.39 is 0 Å². The molecule has 0 saturated heterocycles. The highest BCUT2D eigenvalue weighted by atomic mass is 16.1. The molecule has 0 heterocycles. The lowest BCUT2D eigenvalue weighted by Gasteiger charge is -2.59. The molecule has 0 bridgehead atoms. The SMILES string of the molecule is C=C(C)[C@H]1CC[C@H]2C3CC[C@H]4CC(=O)C(CC)CC[C@]4(C)[C@H]3CC[C@]12C. The molecule has 4 aliphatic carbocycles. The smallest absolute Gasteiger partial charge is 0.136 e. The number of ketones is 1. The number of carbonyl (C=O) groups excluding carboxylic acids is 1. The zero-order valence-electron chi connectivity index (χ0n) is 17.7. The van der Waals surface area contributed by atoms with E-state index in [4.69, 9.17) is 0 Å². The van der Waals surface area contributed by atoms with Crippen molar-refractivity contribution in [3.05, 3.63) is 12.2 Å². The van der Waals surface area contributed by atoms with Crippen molar-refractivity contribution in [1.82, 2.24) is 0 Å². The van der Waals surface area contributed by atoms with Gasteiger partial charge in [0.05, 0.1) is 0 Å². The van der Waals surface area contributed by atoms with Crippen LogP contribution in [0.4, 0.5) is 0 Å². The molecule has 1 heteroatoms. The van der Waals surface area contributed by atoms with Gasteiger partial charge in [0, 0.05) is 12.3 Å². The molecule has 0 aromatic rings. The fourth-order valence-corrected chi connectivity index (χ4v) is 8.56. The van der Waals surface area contributed by atoms with E-state index in [0.717, 1.165) is 42.9 Å². The lowest BCUT2D eigenvalue weighted by atomic mass is 9.46. The molecular weight excluding hydrogens is 316 g/mol. The average molecular weight is 357 g/mol. The van der Waals surface area contributed by atoms with E-state index in [9.17, 15) is 4.79 Å². The number of fused-ring (bicyclic) bond motifs is 5. The summed E-state index contributed by atoms with van der Waals surface area (Å²) in [5.74, 6) is 5.03. The Kier molecular flexibility index (Phi) is 4.68. The first kappa shape index (κ1) is 18.8. The van der Waals surface area contributed by atoms with Crippen molar-refractivity contribution < 1.29 is 4.79 Å². The zero-order valence-corrected chi connectivity index (χ0v) is 17.7. The molecule has 0 N–H and O–H groups in total. The maximum absolute atomic E-state index is 12.7. The number of carbonyl (C=O) groups is 1. The average Bonchev–Trinajstić information content (AvgIpc) is 2.89. The van der Waals surface area contributed by atoms with E-state index in [1.54, 1.807) is 0 Å². The summed E-state index contributed by atoms with van der Waals surface area (Å²) in [7, 11) is 0. The van der Waals surface area contributed by atoms with Gasteiger partial charge in [-0.25, -0.2) is 0 Å². The molecule has 4 fully saturated rings. The first-order valence-electron chi connectivity index (χ1n) is 11.5. The van der Waals surface area contributed by atoms with Crippen LogP contribution < -0.4 is 0 Å². The van der Waals surface area contributed by atoms with E-state index in [2.05, 4.69) is 34.3 Å². The van der Waals surface area contributed by atoms with Crippen molar-refractivity contribution in [2.75, 3.05) is 0 Å². The number of hydrogen-bond acceptors (Lipinski definition) is 1. The molecule has 26 heavy (non-hydrogen) atoms. The normalized spacial score (nSPS) is 51.2. The second kappa shape index (κ2) is 6.49. The molecule has 0 amide bonds. The van der Waals surface area contributed by atoms with Gasteiger partial charge in [-0.05, 0) is 105 Å². The van der Waals surface area contributed by atoms with Crippen molar-refractivity contribution in [2.24, 2.45) is 46.3 Å². The molecule has 0 aliphatic heterocycles. The maximum atomic E-state index is 12.7. The summed E-state index contributed by atoms with van der Waals surface area (Å²) in [5.41, 5.74) is 2.35. The van der Waals surface area contributed by atoms with Crippen LogP contribution in [0.25, 0.3) is 0 Å². The zero-order chi connectivity index (χ0) is 18.7. The molecule has 1 nitrogen and oxygen atoms in total. The molecule has 0 aromatic carbocycles. The minimum Gasteiger partial charge on any atom is -0.299 e. The van der Waals surface area contributed by atoms with E-state index in [1.807, 2.05) is 0 Å². The van der Waals surface area contributed by atoms with Gasteiger partial charge in [-0.3, -0.25) is 4.79 Å². The Morgan fingerprint density at radius 2 is 1.69 bits per heavy atom. The quantitative estimate of drug-likeness (QED) is 0.496. The summed E-state index contributed by atoms with van der Waals surface area (Å²) < 4.78 is 0. The minimum absolute atomic E-state index is 0.351. The molecule has 0 radical (unpaired) electrons. The van der Waals surface area contributed by atoms with Crippen molar-refractivity contribution in [2.45, 2.75) is 91.9 Å². The first-order valence-corrected chi connectivity index (χ1v) is 11.5. The van der Waals surface area contributed by atoms with Crippen LogP contribution in [0, 0.1) is 46.3 Å². The Morgan fingerprint density at radius 1 is 1.00 bits per heavy atom. The Balaban J connectivity index is 1.61. The highest BCUT2D eigenvalue weighted by Gasteiger charge is 2.59. The molecule has 2 unspecified atom stereocenters. The Morgan fingerprint density at radius 3 is 2.38 bits per heavy atom. The monoisotopic (exact) mass is 356 g/mol. The minimum atomic E-state index is 0.351. The molecule has 146 valence electrons. The second-order valence-corrected chi connectivity index (χ2v) is 11.0. The largest absolute Gasteiger partial charge is 0.299 e. The summed E-state index contributed by atoms with van der Waals surface area (Å²) in [4.78, 5) is 12.7. The molecule has 0 spiro atoms. The Labute approximate surface area is 161 Å². The van der Waals surface area contributed by atoms with Gasteiger partial charge < -0.3 is 0 Å². The first-order chi connectivity index (χ1) is 12.3. The van der Waals surface area contributed by atoms with Crippen LogP contribution in [0.5, 0.6) is 0 Å². The third-order valence-corrected chi connectivity index (χ3v) is 10.1. The summed E-state index contributed by atoms with van der Waals surface area (Å²) in [6.07, 6.45) is 12.7. The fraction of sp³-hybridized carbons (Fsp3) is 0.880. The van der Waals surface area contributed by atoms with Crippen molar-refractivity contribution in [1.29, 1.82) is 0 Å². The van der Waals surface area contributed by atoms with Crippen LogP contribution in [-0.4, -0.2) is 5.78 Å². The summed E-state index contributed by atoms with van der Waals surface area (Å²) in [5, 5.41) is 0. The summed E-state index contributed by atoms with van der Waals surface area (Å²) >= 11 is 0. The molecular formula is C25H40O. The van der Waals surface area contributed by atoms with Crippen LogP contribution in [0.3, 0.4) is 0 Å². The number of Topliss-reactive ketones (excluding diaryl/α,β-unsaturated/α-hetero) is 1. The molecule has 4 rings (SSSR count). The highest BCUT2D eigenvalue weighted by Crippen LogP contribution is 2.67. The predicted octanol–water partition coefficient (Wildman–Crippen LogP) is 6.82. The lowest BCUT2D eigenvalue weighted by Crippen LogP contribution is -2.51. The van der Waals surface area contributed by atoms with Crippen LogP contribution in [0.15, 0.2) is 12.2 Å². The van der Waals surface area contributed by atoms with Gasteiger partial charge in [-0.1, -0.05) is 32.9 Å². The standard InChI is InChI=1S/C25H40O/c1-6-17-11-13-24(4)18(15-23(17)26)7-8-19-21-10-9-20(16(2)3)25(21,5)14-12-22(19)24/h17-22H,2,6-15H2,1,3-5H3/t17?,18-,19?,20+,21-,22-,24-,25+/m0/s1. The fourth-order valence-electron chi connectivity index (χ4n) is 8.56. The highest BCUT2D eigenvalue weighted by molar-refractivity contribution is 5.81. The third kappa shape index (κ3) is 2.59. The van der Waals surface area contributed by atoms with Gasteiger partial charge in [-0.2, -0.15) is 0 Å². The van der Waals surface area contributed by atoms with Crippen LogP contribution in [0.2, 0.25) is 0 Å². The van der Waals surface area contributed by atoms with Crippen LogP contribution >= 0.6 is 0 Å². The van der Waals surface area contributed by atoms with E-state index in [1.165, 1.54) is 50.5 Å². The summed E-state index contributed by atoms with van der Waals surface area (Å²) in [6, 6.07) is 0. The number of rotatable bonds is 2. The van der Waals surface area contributed by atoms with Gasteiger partial charge in [0.25, 0.3) is 0 Å². The van der Waals surface area contributed by atoms with Crippen molar-refractivity contribution in [3.8, 4) is 0 Å². The van der Waals surface area contributed by atoms with Crippen molar-refractivity contribution >= 4 is 5.78 Å². The van der Waals surface area contributed by atoms with E-state index in [0.29, 0.717) is 28.4 Å². The van der Waals surface area contributed by atoms with E-state index >= 15 is 0 Å². The van der Waals surface area contributed by atoms with Crippen LogP contribution in [0.1, 0.15) is 91.9 Å². The van der Waals surface area contributed by atoms with Crippen molar-refractivity contribution in [3.63, 3.8) is 0 Å². The van der Waals surface area contributed by atoms with Gasteiger partial charge >= 0.3 is 0 Å². The molecule has 4 saturated carbocycles. The molecule has 0 aromatic heterocycles. The van der Waals surface area contributed by atoms with Gasteiger partial charge in [0.15, 0.2) is 0 Å². The van der Waals surface area contributed by atoms with Crippen LogP contribution in [-0.2, 0) is 4.79 Å². The third-order valence-electron chi connectivity index (χ3n) is 10.1. The molecule has 8 atom stereocenters. The second-order valence-electron chi connectivity index (χ2n) is 11.0. The van der Waals surface area contributed by atoms with Gasteiger partial charge in [-0.15, -0.1) is 0 Å². The van der Waals surface area contributed by atoms with Gasteiger partial charge in [0.2, 0.25) is 0 Å². The number of allylic oxidation sites excluding steroid dienone is 1. The topological polar surface area (TPSA) is 17.1 Å². The molecule has 4 aliphatic rings. The summed E-state index contributed by atoms with van der Waals surface area (Å²) in [6.45, 7) is 14.0. The number of hydrogen-bond donors (Lipinski definition) is 0.